The van der Waals surface area contributed by atoms with Crippen molar-refractivity contribution in [2.24, 2.45) is 0 Å². The fourth-order valence-corrected chi connectivity index (χ4v) is 5.27. The highest BCUT2D eigenvalue weighted by molar-refractivity contribution is 14.1. The van der Waals surface area contributed by atoms with Crippen molar-refractivity contribution in [3.63, 3.8) is 0 Å². The van der Waals surface area contributed by atoms with Gasteiger partial charge < -0.3 is 0 Å². The maximum Gasteiger partial charge on any atom is 0.135 e. The summed E-state index contributed by atoms with van der Waals surface area (Å²) in [5.41, 5.74) is 1.97. The van der Waals surface area contributed by atoms with Crippen LogP contribution in [0, 0.1) is 0 Å². The molecule has 61 valence electrons. The zero-order valence-corrected chi connectivity index (χ0v) is 10.6. The lowest BCUT2D eigenvalue weighted by molar-refractivity contribution is 0.801. The fourth-order valence-electron chi connectivity index (χ4n) is 0.876. The van der Waals surface area contributed by atoms with Crippen LogP contribution in [0.5, 0.6) is 0 Å². The average Bonchev–Trinajstić information content (AvgIpc) is 2.00. The first-order valence-electron chi connectivity index (χ1n) is 4.15. The summed E-state index contributed by atoms with van der Waals surface area (Å²) in [4.78, 5) is 0. The molecule has 0 fully saturated rings. The van der Waals surface area contributed by atoms with Crippen molar-refractivity contribution in [1.29, 1.82) is 0 Å². The quantitative estimate of drug-likeness (QED) is 0.411. The Kier molecular flexibility index (Phi) is 6.11. The van der Waals surface area contributed by atoms with Gasteiger partial charge in [0.1, 0.15) is 6.29 Å². The summed E-state index contributed by atoms with van der Waals surface area (Å²) in [5, 5.41) is 0. The van der Waals surface area contributed by atoms with E-state index in [9.17, 15) is 0 Å². The van der Waals surface area contributed by atoms with E-state index in [1.807, 2.05) is 0 Å². The van der Waals surface area contributed by atoms with Crippen molar-refractivity contribution in [3.05, 3.63) is 0 Å². The van der Waals surface area contributed by atoms with Crippen molar-refractivity contribution >= 4 is 28.1 Å². The Balaban J connectivity index is 3.69. The first kappa shape index (κ1) is 10.9. The second-order valence-electron chi connectivity index (χ2n) is 3.00. The van der Waals surface area contributed by atoms with Gasteiger partial charge in [0.05, 0.1) is 0 Å². The van der Waals surface area contributed by atoms with E-state index in [0.717, 1.165) is 11.1 Å². The van der Waals surface area contributed by atoms with E-state index in [0.29, 0.717) is 0 Å². The summed E-state index contributed by atoms with van der Waals surface area (Å²) >= 11 is 2.70. The highest BCUT2D eigenvalue weighted by Crippen LogP contribution is 2.30. The molecule has 0 spiro atoms. The molecule has 2 heteroatoms. The van der Waals surface area contributed by atoms with Crippen molar-refractivity contribution in [1.82, 2.24) is 0 Å². The molecule has 2 atom stereocenters. The Morgan fingerprint density at radius 2 is 1.40 bits per heavy atom. The molecular formula is C8H18ISi. The number of hydrogen-bond acceptors (Lipinski definition) is 0. The van der Waals surface area contributed by atoms with Gasteiger partial charge in [0, 0.05) is 0 Å². The molecule has 0 saturated carbocycles. The Bertz CT molecular complexity index is 75.3. The van der Waals surface area contributed by atoms with Crippen LogP contribution in [-0.2, 0) is 0 Å². The maximum atomic E-state index is 2.70. The highest BCUT2D eigenvalue weighted by atomic mass is 127. The van der Waals surface area contributed by atoms with Gasteiger partial charge in [-0.05, 0) is 11.1 Å². The van der Waals surface area contributed by atoms with Gasteiger partial charge in [0.25, 0.3) is 0 Å². The summed E-state index contributed by atoms with van der Waals surface area (Å²) in [6, 6.07) is 0. The van der Waals surface area contributed by atoms with Gasteiger partial charge in [-0.15, -0.1) is 21.8 Å². The summed E-state index contributed by atoms with van der Waals surface area (Å²) < 4.78 is 0. The lowest BCUT2D eigenvalue weighted by Crippen LogP contribution is -2.15. The first-order chi connectivity index (χ1) is 4.63. The van der Waals surface area contributed by atoms with Crippen LogP contribution in [-0.4, -0.2) is 6.29 Å². The van der Waals surface area contributed by atoms with Gasteiger partial charge in [-0.1, -0.05) is 40.5 Å². The summed E-state index contributed by atoms with van der Waals surface area (Å²) in [6.07, 6.45) is 2.65. The lowest BCUT2D eigenvalue weighted by Gasteiger charge is -2.19. The van der Waals surface area contributed by atoms with Crippen molar-refractivity contribution in [2.75, 3.05) is 0 Å². The Hall–Kier alpha value is 0.947. The third-order valence-electron chi connectivity index (χ3n) is 2.17. The van der Waals surface area contributed by atoms with E-state index >= 15 is 0 Å². The number of hydrogen-bond donors (Lipinski definition) is 0. The average molecular weight is 269 g/mol. The molecule has 10 heavy (non-hydrogen) atoms. The predicted molar refractivity (Wildman–Crippen MR) is 59.2 cm³/mol. The minimum absolute atomic E-state index is 0.0768. The smallest absolute Gasteiger partial charge is 0.121 e. The van der Waals surface area contributed by atoms with E-state index < -0.39 is 0 Å². The van der Waals surface area contributed by atoms with Crippen LogP contribution in [0.4, 0.5) is 0 Å². The Morgan fingerprint density at radius 3 is 1.60 bits per heavy atom. The summed E-state index contributed by atoms with van der Waals surface area (Å²) in [7, 11) is 0. The predicted octanol–water partition coefficient (Wildman–Crippen LogP) is 4.01. The molecule has 0 bridgehead atoms. The second kappa shape index (κ2) is 5.58. The molecule has 0 aromatic carbocycles. The number of halogens is 1. The van der Waals surface area contributed by atoms with Gasteiger partial charge in [-0.25, -0.2) is 0 Å². The first-order valence-corrected chi connectivity index (χ1v) is 8.92. The Morgan fingerprint density at radius 1 is 1.10 bits per heavy atom. The van der Waals surface area contributed by atoms with Gasteiger partial charge in [-0.3, -0.25) is 0 Å². The molecule has 0 N–H and O–H groups in total. The monoisotopic (exact) mass is 269 g/mol. The normalized spacial score (nSPS) is 17.4. The fraction of sp³-hybridized carbons (Fsp3) is 1.00. The van der Waals surface area contributed by atoms with Crippen LogP contribution in [0.25, 0.3) is 0 Å². The highest BCUT2D eigenvalue weighted by Gasteiger charge is 2.20. The van der Waals surface area contributed by atoms with Gasteiger partial charge in [0.2, 0.25) is 0 Å². The van der Waals surface area contributed by atoms with Crippen molar-refractivity contribution < 1.29 is 0 Å². The van der Waals surface area contributed by atoms with E-state index in [-0.39, 0.29) is 6.29 Å². The summed E-state index contributed by atoms with van der Waals surface area (Å²) in [5.74, 6) is 0. The maximum absolute atomic E-state index is 2.70. The van der Waals surface area contributed by atoms with E-state index in [1.165, 1.54) is 12.8 Å². The lowest BCUT2D eigenvalue weighted by atomic mass is 10.4. The van der Waals surface area contributed by atoms with E-state index in [4.69, 9.17) is 0 Å². The molecule has 0 aliphatic rings. The minimum Gasteiger partial charge on any atom is -0.121 e. The molecule has 2 unspecified atom stereocenters. The molecule has 0 aromatic heterocycles. The summed E-state index contributed by atoms with van der Waals surface area (Å²) in [6.45, 7) is 9.40. The molecule has 0 saturated heterocycles. The van der Waals surface area contributed by atoms with Crippen LogP contribution in [0.15, 0.2) is 0 Å². The molecule has 0 aromatic rings. The minimum atomic E-state index is -0.0768. The molecule has 0 aliphatic heterocycles. The molecule has 0 aliphatic carbocycles. The topological polar surface area (TPSA) is 0 Å². The molecule has 0 rings (SSSR count). The van der Waals surface area contributed by atoms with Crippen LogP contribution in [0.2, 0.25) is 11.1 Å². The van der Waals surface area contributed by atoms with Gasteiger partial charge in [0.15, 0.2) is 0 Å². The third-order valence-corrected chi connectivity index (χ3v) is 11.2. The van der Waals surface area contributed by atoms with Crippen LogP contribution < -0.4 is 0 Å². The number of rotatable bonds is 4. The molecule has 0 amide bonds. The molecular weight excluding hydrogens is 251 g/mol. The van der Waals surface area contributed by atoms with Crippen molar-refractivity contribution in [3.8, 4) is 0 Å². The molecule has 0 nitrogen and oxygen atoms in total. The molecule has 0 heterocycles. The third kappa shape index (κ3) is 3.37. The SMILES string of the molecule is CCC(C)[Si](I)C(C)CC. The van der Waals surface area contributed by atoms with Crippen LogP contribution in [0.3, 0.4) is 0 Å². The standard InChI is InChI=1S/C8H18ISi/c1-5-7(3)10(9)8(4)6-2/h7-8H,5-6H2,1-4H3. The molecule has 1 radical (unpaired) electrons. The zero-order chi connectivity index (χ0) is 8.15. The van der Waals surface area contributed by atoms with Gasteiger partial charge >= 0.3 is 0 Å². The van der Waals surface area contributed by atoms with Crippen LogP contribution in [0.1, 0.15) is 40.5 Å². The van der Waals surface area contributed by atoms with Crippen molar-refractivity contribution in [2.45, 2.75) is 51.6 Å². The van der Waals surface area contributed by atoms with E-state index in [1.54, 1.807) is 0 Å². The largest absolute Gasteiger partial charge is 0.135 e. The Labute approximate surface area is 79.6 Å². The van der Waals surface area contributed by atoms with E-state index in [2.05, 4.69) is 49.5 Å². The van der Waals surface area contributed by atoms with Crippen LogP contribution >= 0.6 is 21.8 Å². The van der Waals surface area contributed by atoms with Gasteiger partial charge in [-0.2, -0.15) is 0 Å². The zero-order valence-electron chi connectivity index (χ0n) is 7.45. The second-order valence-corrected chi connectivity index (χ2v) is 9.48.